The molecule has 0 radical (unpaired) electrons. The fourth-order valence-electron chi connectivity index (χ4n) is 2.23. The van der Waals surface area contributed by atoms with Crippen LogP contribution in [0.3, 0.4) is 0 Å². The molecule has 16 heavy (non-hydrogen) atoms. The van der Waals surface area contributed by atoms with Crippen LogP contribution in [0.15, 0.2) is 0 Å². The molecule has 0 aliphatic heterocycles. The maximum absolute atomic E-state index is 11.9. The third-order valence-electron chi connectivity index (χ3n) is 3.22. The molecule has 1 unspecified atom stereocenters. The summed E-state index contributed by atoms with van der Waals surface area (Å²) in [5, 5.41) is 2.60. The number of nitrogens with one attached hydrogen (secondary N) is 1. The molecular weight excluding hydrogens is 222 g/mol. The maximum atomic E-state index is 11.9. The first kappa shape index (κ1) is 13.8. The van der Waals surface area contributed by atoms with Gasteiger partial charge in [-0.3, -0.25) is 4.79 Å². The van der Waals surface area contributed by atoms with E-state index in [9.17, 15) is 4.79 Å². The Bertz CT molecular complexity index is 239. The van der Waals surface area contributed by atoms with Crippen molar-refractivity contribution in [1.82, 2.24) is 5.32 Å². The van der Waals surface area contributed by atoms with Crippen molar-refractivity contribution in [2.45, 2.75) is 64.3 Å². The Balaban J connectivity index is 2.45. The van der Waals surface area contributed by atoms with E-state index in [0.717, 1.165) is 18.8 Å². The highest BCUT2D eigenvalue weighted by atomic mass is 35.5. The number of hydrogen-bond donors (Lipinski definition) is 1. The van der Waals surface area contributed by atoms with Crippen LogP contribution in [-0.2, 0) is 4.79 Å². The third-order valence-corrected chi connectivity index (χ3v) is 3.78. The number of carbonyl (C=O) groups is 1. The molecule has 0 heterocycles. The van der Waals surface area contributed by atoms with Gasteiger partial charge in [-0.05, 0) is 45.4 Å². The number of carbonyl (C=O) groups excluding carboxylic acids is 1. The lowest BCUT2D eigenvalue weighted by molar-refractivity contribution is -0.123. The van der Waals surface area contributed by atoms with Gasteiger partial charge in [-0.25, -0.2) is 0 Å². The van der Waals surface area contributed by atoms with Gasteiger partial charge in [0, 0.05) is 5.54 Å². The van der Waals surface area contributed by atoms with Gasteiger partial charge in [-0.2, -0.15) is 0 Å². The van der Waals surface area contributed by atoms with Gasteiger partial charge in [-0.1, -0.05) is 19.8 Å². The zero-order chi connectivity index (χ0) is 12.3. The molecule has 1 atom stereocenters. The van der Waals surface area contributed by atoms with Crippen molar-refractivity contribution in [1.29, 1.82) is 0 Å². The summed E-state index contributed by atoms with van der Waals surface area (Å²) in [6.07, 6.45) is 4.59. The van der Waals surface area contributed by atoms with Crippen LogP contribution in [0, 0.1) is 11.8 Å². The average Bonchev–Trinajstić information content (AvgIpc) is 2.15. The largest absolute Gasteiger partial charge is 0.350 e. The Kier molecular flexibility index (Phi) is 4.66. The standard InChI is InChI=1S/C13H24ClNO/c1-9-5-7-10(8-6-9)11(14)12(16)15-13(2,3)4/h9-11H,5-8H2,1-4H3,(H,15,16). The predicted molar refractivity (Wildman–Crippen MR) is 68.7 cm³/mol. The number of hydrogen-bond acceptors (Lipinski definition) is 1. The molecule has 1 aliphatic rings. The summed E-state index contributed by atoms with van der Waals surface area (Å²) in [7, 11) is 0. The second-order valence-corrected chi connectivity index (χ2v) is 6.63. The molecule has 1 amide bonds. The van der Waals surface area contributed by atoms with Crippen LogP contribution in [0.5, 0.6) is 0 Å². The summed E-state index contributed by atoms with van der Waals surface area (Å²) >= 11 is 6.25. The molecule has 0 spiro atoms. The van der Waals surface area contributed by atoms with E-state index in [1.54, 1.807) is 0 Å². The summed E-state index contributed by atoms with van der Waals surface area (Å²) in [5.41, 5.74) is -0.188. The van der Waals surface area contributed by atoms with Crippen LogP contribution in [0.4, 0.5) is 0 Å². The minimum atomic E-state index is -0.355. The minimum Gasteiger partial charge on any atom is -0.350 e. The zero-order valence-corrected chi connectivity index (χ0v) is 11.6. The molecule has 2 nitrogen and oxygen atoms in total. The molecule has 3 heteroatoms. The Morgan fingerprint density at radius 1 is 1.25 bits per heavy atom. The van der Waals surface area contributed by atoms with E-state index in [-0.39, 0.29) is 16.8 Å². The Morgan fingerprint density at radius 2 is 1.75 bits per heavy atom. The molecule has 1 rings (SSSR count). The summed E-state index contributed by atoms with van der Waals surface area (Å²) in [4.78, 5) is 11.9. The van der Waals surface area contributed by atoms with Gasteiger partial charge >= 0.3 is 0 Å². The van der Waals surface area contributed by atoms with Crippen LogP contribution in [0.2, 0.25) is 0 Å². The molecule has 0 aromatic heterocycles. The highest BCUT2D eigenvalue weighted by Crippen LogP contribution is 2.32. The van der Waals surface area contributed by atoms with Gasteiger partial charge < -0.3 is 5.32 Å². The number of halogens is 1. The summed E-state index contributed by atoms with van der Waals surface area (Å²) < 4.78 is 0. The Hall–Kier alpha value is -0.240. The Morgan fingerprint density at radius 3 is 2.19 bits per heavy atom. The molecule has 0 aromatic rings. The topological polar surface area (TPSA) is 29.1 Å². The van der Waals surface area contributed by atoms with E-state index in [1.165, 1.54) is 12.8 Å². The molecule has 1 aliphatic carbocycles. The molecule has 1 N–H and O–H groups in total. The Labute approximate surface area is 104 Å². The molecule has 94 valence electrons. The van der Waals surface area contributed by atoms with Crippen molar-refractivity contribution in [3.63, 3.8) is 0 Å². The molecular formula is C13H24ClNO. The van der Waals surface area contributed by atoms with E-state index in [1.807, 2.05) is 20.8 Å². The predicted octanol–water partition coefficient (Wildman–Crippen LogP) is 3.33. The molecule has 0 bridgehead atoms. The van der Waals surface area contributed by atoms with Crippen LogP contribution in [0.1, 0.15) is 53.4 Å². The molecule has 1 saturated carbocycles. The average molecular weight is 246 g/mol. The van der Waals surface area contributed by atoms with Crippen molar-refractivity contribution in [2.75, 3.05) is 0 Å². The summed E-state index contributed by atoms with van der Waals surface area (Å²) in [6.45, 7) is 8.22. The third kappa shape index (κ3) is 4.32. The fourth-order valence-corrected chi connectivity index (χ4v) is 2.54. The van der Waals surface area contributed by atoms with Crippen molar-refractivity contribution in [3.05, 3.63) is 0 Å². The minimum absolute atomic E-state index is 0.00582. The van der Waals surface area contributed by atoms with Gasteiger partial charge in [0.2, 0.25) is 5.91 Å². The van der Waals surface area contributed by atoms with E-state index in [0.29, 0.717) is 5.92 Å². The normalized spacial score (nSPS) is 28.6. The summed E-state index contributed by atoms with van der Waals surface area (Å²) in [5.74, 6) is 1.15. The van der Waals surface area contributed by atoms with Gasteiger partial charge in [-0.15, -0.1) is 11.6 Å². The van der Waals surface area contributed by atoms with Gasteiger partial charge in [0.05, 0.1) is 0 Å². The highest BCUT2D eigenvalue weighted by molar-refractivity contribution is 6.31. The second kappa shape index (κ2) is 5.39. The lowest BCUT2D eigenvalue weighted by Crippen LogP contribution is -2.46. The fraction of sp³-hybridized carbons (Fsp3) is 0.923. The first-order valence-electron chi connectivity index (χ1n) is 6.25. The van der Waals surface area contributed by atoms with E-state index >= 15 is 0 Å². The van der Waals surface area contributed by atoms with Gasteiger partial charge in [0.15, 0.2) is 0 Å². The van der Waals surface area contributed by atoms with E-state index in [4.69, 9.17) is 11.6 Å². The van der Waals surface area contributed by atoms with Crippen LogP contribution in [0.25, 0.3) is 0 Å². The second-order valence-electron chi connectivity index (χ2n) is 6.16. The lowest BCUT2D eigenvalue weighted by Gasteiger charge is -2.30. The first-order chi connectivity index (χ1) is 7.29. The maximum Gasteiger partial charge on any atom is 0.238 e. The SMILES string of the molecule is CC1CCC(C(Cl)C(=O)NC(C)(C)C)CC1. The molecule has 0 aromatic carbocycles. The summed E-state index contributed by atoms with van der Waals surface area (Å²) in [6, 6.07) is 0. The van der Waals surface area contributed by atoms with E-state index < -0.39 is 0 Å². The zero-order valence-electron chi connectivity index (χ0n) is 10.8. The quantitative estimate of drug-likeness (QED) is 0.743. The number of rotatable bonds is 2. The van der Waals surface area contributed by atoms with Gasteiger partial charge in [0.1, 0.15) is 5.38 Å². The monoisotopic (exact) mass is 245 g/mol. The first-order valence-corrected chi connectivity index (χ1v) is 6.69. The molecule has 0 saturated heterocycles. The van der Waals surface area contributed by atoms with Crippen LogP contribution in [-0.4, -0.2) is 16.8 Å². The van der Waals surface area contributed by atoms with E-state index in [2.05, 4.69) is 12.2 Å². The van der Waals surface area contributed by atoms with Crippen molar-refractivity contribution in [2.24, 2.45) is 11.8 Å². The van der Waals surface area contributed by atoms with Crippen molar-refractivity contribution in [3.8, 4) is 0 Å². The van der Waals surface area contributed by atoms with Crippen LogP contribution < -0.4 is 5.32 Å². The highest BCUT2D eigenvalue weighted by Gasteiger charge is 2.30. The number of amides is 1. The van der Waals surface area contributed by atoms with Crippen molar-refractivity contribution < 1.29 is 4.79 Å². The lowest BCUT2D eigenvalue weighted by atomic mass is 9.81. The smallest absolute Gasteiger partial charge is 0.238 e. The van der Waals surface area contributed by atoms with Crippen molar-refractivity contribution >= 4 is 17.5 Å². The van der Waals surface area contributed by atoms with Crippen LogP contribution >= 0.6 is 11.6 Å². The van der Waals surface area contributed by atoms with Gasteiger partial charge in [0.25, 0.3) is 0 Å². The molecule has 1 fully saturated rings. The number of alkyl halides is 1.